The zero-order chi connectivity index (χ0) is 17.4. The smallest absolute Gasteiger partial charge is 0.224 e. The topological polar surface area (TPSA) is 50.8 Å². The van der Waals surface area contributed by atoms with Crippen molar-refractivity contribution in [1.82, 2.24) is 0 Å². The monoisotopic (exact) mass is 328 g/mol. The van der Waals surface area contributed by atoms with Gasteiger partial charge in [0, 0.05) is 20.5 Å². The first-order chi connectivity index (χ1) is 11.6. The van der Waals surface area contributed by atoms with Crippen LogP contribution in [0.25, 0.3) is 0 Å². The summed E-state index contributed by atoms with van der Waals surface area (Å²) in [6.45, 7) is 0.495. The van der Waals surface area contributed by atoms with Crippen molar-refractivity contribution in [2.24, 2.45) is 0 Å². The third-order valence-electron chi connectivity index (χ3n) is 3.54. The Kier molecular flexibility index (Phi) is 6.49. The summed E-state index contributed by atoms with van der Waals surface area (Å²) in [7, 11) is 5.53. The summed E-state index contributed by atoms with van der Waals surface area (Å²) in [5, 5.41) is 2.95. The van der Waals surface area contributed by atoms with Crippen LogP contribution in [0, 0.1) is 0 Å². The highest BCUT2D eigenvalue weighted by atomic mass is 16.5. The Bertz CT molecular complexity index is 654. The largest absolute Gasteiger partial charge is 0.497 e. The molecule has 24 heavy (non-hydrogen) atoms. The van der Waals surface area contributed by atoms with Gasteiger partial charge >= 0.3 is 0 Å². The molecule has 0 radical (unpaired) electrons. The fraction of sp³-hybridized carbons (Fsp3) is 0.316. The summed E-state index contributed by atoms with van der Waals surface area (Å²) in [6.07, 6.45) is 1.07. The number of rotatable bonds is 8. The number of hydrogen-bond acceptors (Lipinski definition) is 4. The Morgan fingerprint density at radius 1 is 1.04 bits per heavy atom. The molecule has 0 heterocycles. The first-order valence-electron chi connectivity index (χ1n) is 7.93. The van der Waals surface area contributed by atoms with Gasteiger partial charge in [-0.3, -0.25) is 4.79 Å². The number of hydrogen-bond donors (Lipinski definition) is 1. The van der Waals surface area contributed by atoms with Crippen LogP contribution in [0.2, 0.25) is 0 Å². The highest BCUT2D eigenvalue weighted by Crippen LogP contribution is 2.23. The molecule has 2 aromatic rings. The van der Waals surface area contributed by atoms with Crippen LogP contribution in [0.4, 0.5) is 11.4 Å². The number of nitrogens with zero attached hydrogens (tertiary/aromatic N) is 1. The van der Waals surface area contributed by atoms with Gasteiger partial charge < -0.3 is 19.7 Å². The predicted molar refractivity (Wildman–Crippen MR) is 97.1 cm³/mol. The van der Waals surface area contributed by atoms with Gasteiger partial charge in [-0.25, -0.2) is 0 Å². The van der Waals surface area contributed by atoms with Gasteiger partial charge in [0.05, 0.1) is 25.1 Å². The molecule has 0 bridgehead atoms. The molecule has 128 valence electrons. The number of benzene rings is 2. The average molecular weight is 328 g/mol. The molecule has 5 heteroatoms. The van der Waals surface area contributed by atoms with E-state index in [4.69, 9.17) is 9.47 Å². The van der Waals surface area contributed by atoms with Crippen molar-refractivity contribution in [2.75, 3.05) is 38.0 Å². The van der Waals surface area contributed by atoms with Crippen LogP contribution in [-0.4, -0.2) is 33.7 Å². The Morgan fingerprint density at radius 3 is 2.38 bits per heavy atom. The molecule has 0 fully saturated rings. The van der Waals surface area contributed by atoms with Crippen LogP contribution in [0.3, 0.4) is 0 Å². The summed E-state index contributed by atoms with van der Waals surface area (Å²) in [5.74, 6) is 1.55. The average Bonchev–Trinajstić information content (AvgIpc) is 2.59. The van der Waals surface area contributed by atoms with Gasteiger partial charge in [-0.15, -0.1) is 0 Å². The van der Waals surface area contributed by atoms with E-state index in [1.807, 2.05) is 67.5 Å². The van der Waals surface area contributed by atoms with Gasteiger partial charge in [-0.1, -0.05) is 12.1 Å². The number of carbonyl (C=O) groups excluding carboxylic acids is 1. The van der Waals surface area contributed by atoms with Gasteiger partial charge in [0.25, 0.3) is 0 Å². The number of nitrogens with one attached hydrogen (secondary N) is 1. The van der Waals surface area contributed by atoms with E-state index < -0.39 is 0 Å². The Balaban J connectivity index is 1.75. The van der Waals surface area contributed by atoms with Crippen molar-refractivity contribution < 1.29 is 14.3 Å². The molecule has 0 unspecified atom stereocenters. The number of amides is 1. The molecular weight excluding hydrogens is 304 g/mol. The highest BCUT2D eigenvalue weighted by molar-refractivity contribution is 5.94. The van der Waals surface area contributed by atoms with E-state index in [-0.39, 0.29) is 5.91 Å². The molecule has 0 aliphatic carbocycles. The minimum atomic E-state index is -0.0115. The highest BCUT2D eigenvalue weighted by Gasteiger charge is 2.07. The summed E-state index contributed by atoms with van der Waals surface area (Å²) >= 11 is 0. The molecule has 0 atom stereocenters. The van der Waals surface area contributed by atoms with Crippen LogP contribution >= 0.6 is 0 Å². The zero-order valence-electron chi connectivity index (χ0n) is 14.4. The second kappa shape index (κ2) is 8.82. The SMILES string of the molecule is COc1ccc(OCCCC(=O)Nc2ccccc2N(C)C)cc1. The van der Waals surface area contributed by atoms with E-state index in [0.29, 0.717) is 19.4 Å². The molecule has 0 saturated heterocycles. The lowest BCUT2D eigenvalue weighted by Crippen LogP contribution is -2.17. The maximum absolute atomic E-state index is 12.1. The quantitative estimate of drug-likeness (QED) is 0.753. The normalized spacial score (nSPS) is 10.1. The van der Waals surface area contributed by atoms with Crippen molar-refractivity contribution in [3.05, 3.63) is 48.5 Å². The summed E-state index contributed by atoms with van der Waals surface area (Å²) in [6, 6.07) is 15.1. The molecule has 1 amide bonds. The molecule has 0 aromatic heterocycles. The number of para-hydroxylation sites is 2. The maximum Gasteiger partial charge on any atom is 0.224 e. The molecule has 0 spiro atoms. The Hall–Kier alpha value is -2.69. The van der Waals surface area contributed by atoms with Crippen molar-refractivity contribution in [1.29, 1.82) is 0 Å². The van der Waals surface area contributed by atoms with Gasteiger partial charge in [-0.05, 0) is 42.8 Å². The summed E-state index contributed by atoms with van der Waals surface area (Å²) in [4.78, 5) is 14.1. The van der Waals surface area contributed by atoms with Crippen molar-refractivity contribution in [3.63, 3.8) is 0 Å². The standard InChI is InChI=1S/C19H24N2O3/c1-21(2)18-8-5-4-7-17(18)20-19(22)9-6-14-24-16-12-10-15(23-3)11-13-16/h4-5,7-8,10-13H,6,9,14H2,1-3H3,(H,20,22). The molecule has 2 aromatic carbocycles. The third-order valence-corrected chi connectivity index (χ3v) is 3.54. The second-order valence-electron chi connectivity index (χ2n) is 5.59. The van der Waals surface area contributed by atoms with E-state index in [9.17, 15) is 4.79 Å². The first kappa shape index (κ1) is 17.7. The van der Waals surface area contributed by atoms with Crippen LogP contribution in [0.15, 0.2) is 48.5 Å². The Morgan fingerprint density at radius 2 is 1.71 bits per heavy atom. The van der Waals surface area contributed by atoms with Crippen LogP contribution in [0.1, 0.15) is 12.8 Å². The van der Waals surface area contributed by atoms with E-state index in [1.54, 1.807) is 7.11 Å². The Labute approximate surface area is 143 Å². The summed E-state index contributed by atoms with van der Waals surface area (Å²) in [5.41, 5.74) is 1.81. The van der Waals surface area contributed by atoms with Crippen LogP contribution in [-0.2, 0) is 4.79 Å². The fourth-order valence-corrected chi connectivity index (χ4v) is 2.28. The molecule has 0 aliphatic heterocycles. The van der Waals surface area contributed by atoms with Gasteiger partial charge in [0.15, 0.2) is 0 Å². The maximum atomic E-state index is 12.1. The molecule has 1 N–H and O–H groups in total. The number of methoxy groups -OCH3 is 1. The molecule has 0 aliphatic rings. The van der Waals surface area contributed by atoms with E-state index in [0.717, 1.165) is 22.9 Å². The van der Waals surface area contributed by atoms with Crippen molar-refractivity contribution in [3.8, 4) is 11.5 Å². The van der Waals surface area contributed by atoms with E-state index in [2.05, 4.69) is 5.32 Å². The predicted octanol–water partition coefficient (Wildman–Crippen LogP) is 3.56. The second-order valence-corrected chi connectivity index (χ2v) is 5.59. The first-order valence-corrected chi connectivity index (χ1v) is 7.93. The lowest BCUT2D eigenvalue weighted by atomic mass is 10.2. The van der Waals surface area contributed by atoms with Crippen molar-refractivity contribution in [2.45, 2.75) is 12.8 Å². The number of anilines is 2. The van der Waals surface area contributed by atoms with Gasteiger partial charge in [-0.2, -0.15) is 0 Å². The molecule has 2 rings (SSSR count). The third kappa shape index (κ3) is 5.19. The molecule has 0 saturated carbocycles. The van der Waals surface area contributed by atoms with E-state index >= 15 is 0 Å². The fourth-order valence-electron chi connectivity index (χ4n) is 2.28. The number of ether oxygens (including phenoxy) is 2. The minimum absolute atomic E-state index is 0.0115. The molecular formula is C19H24N2O3. The van der Waals surface area contributed by atoms with E-state index in [1.165, 1.54) is 0 Å². The van der Waals surface area contributed by atoms with Crippen molar-refractivity contribution >= 4 is 17.3 Å². The van der Waals surface area contributed by atoms with Crippen LogP contribution in [0.5, 0.6) is 11.5 Å². The summed E-state index contributed by atoms with van der Waals surface area (Å²) < 4.78 is 10.7. The zero-order valence-corrected chi connectivity index (χ0v) is 14.4. The minimum Gasteiger partial charge on any atom is -0.497 e. The van der Waals surface area contributed by atoms with Crippen LogP contribution < -0.4 is 19.7 Å². The lowest BCUT2D eigenvalue weighted by Gasteiger charge is -2.17. The molecule has 5 nitrogen and oxygen atoms in total. The number of carbonyl (C=O) groups is 1. The lowest BCUT2D eigenvalue weighted by molar-refractivity contribution is -0.116. The van der Waals surface area contributed by atoms with Gasteiger partial charge in [0.2, 0.25) is 5.91 Å². The van der Waals surface area contributed by atoms with Gasteiger partial charge in [0.1, 0.15) is 11.5 Å².